The SMILES string of the molecule is CN1CCN(CCCNC(=O)Nc2snc(OCc3ccc(Br)cc3F)c2C(=O)O)CC1. The summed E-state index contributed by atoms with van der Waals surface area (Å²) < 4.78 is 23.9. The van der Waals surface area contributed by atoms with E-state index in [1.807, 2.05) is 0 Å². The molecule has 1 fully saturated rings. The normalized spacial score (nSPS) is 14.8. The first kappa shape index (κ1) is 24.4. The summed E-state index contributed by atoms with van der Waals surface area (Å²) in [7, 11) is 2.10. The molecule has 0 saturated carbocycles. The molecule has 12 heteroatoms. The number of likely N-dealkylation sites (N-methyl/N-ethyl adjacent to an activating group) is 1. The first-order chi connectivity index (χ1) is 15.3. The number of hydrogen-bond acceptors (Lipinski definition) is 7. The van der Waals surface area contributed by atoms with Gasteiger partial charge in [0.05, 0.1) is 0 Å². The summed E-state index contributed by atoms with van der Waals surface area (Å²) in [5.41, 5.74) is -0.00903. The van der Waals surface area contributed by atoms with Gasteiger partial charge in [-0.1, -0.05) is 22.0 Å². The number of amides is 2. The van der Waals surface area contributed by atoms with E-state index in [4.69, 9.17) is 4.74 Å². The molecule has 1 aromatic carbocycles. The van der Waals surface area contributed by atoms with Crippen LogP contribution in [0.1, 0.15) is 22.3 Å². The van der Waals surface area contributed by atoms with Crippen LogP contribution in [0, 0.1) is 5.82 Å². The van der Waals surface area contributed by atoms with Gasteiger partial charge >= 0.3 is 12.0 Å². The highest BCUT2D eigenvalue weighted by atomic mass is 79.9. The van der Waals surface area contributed by atoms with Gasteiger partial charge in [-0.25, -0.2) is 14.0 Å². The van der Waals surface area contributed by atoms with E-state index in [1.54, 1.807) is 6.07 Å². The quantitative estimate of drug-likeness (QED) is 0.428. The highest BCUT2D eigenvalue weighted by Gasteiger charge is 2.24. The molecule has 0 bridgehead atoms. The lowest BCUT2D eigenvalue weighted by Crippen LogP contribution is -2.45. The van der Waals surface area contributed by atoms with Crippen LogP contribution in [0.15, 0.2) is 22.7 Å². The van der Waals surface area contributed by atoms with Gasteiger partial charge in [0.15, 0.2) is 5.56 Å². The van der Waals surface area contributed by atoms with Gasteiger partial charge in [-0.3, -0.25) is 5.32 Å². The number of urea groups is 1. The molecule has 32 heavy (non-hydrogen) atoms. The molecule has 9 nitrogen and oxygen atoms in total. The van der Waals surface area contributed by atoms with E-state index in [-0.39, 0.29) is 28.6 Å². The molecule has 0 radical (unpaired) electrons. The van der Waals surface area contributed by atoms with Crippen molar-refractivity contribution in [1.29, 1.82) is 0 Å². The van der Waals surface area contributed by atoms with Crippen molar-refractivity contribution < 1.29 is 23.8 Å². The third kappa shape index (κ3) is 6.86. The number of hydrogen-bond donors (Lipinski definition) is 3. The number of carboxylic acids is 1. The summed E-state index contributed by atoms with van der Waals surface area (Å²) >= 11 is 3.97. The van der Waals surface area contributed by atoms with Crippen molar-refractivity contribution >= 4 is 44.5 Å². The molecule has 1 aliphatic rings. The summed E-state index contributed by atoms with van der Waals surface area (Å²) in [6.07, 6.45) is 0.790. The minimum atomic E-state index is -1.30. The smallest absolute Gasteiger partial charge is 0.344 e. The molecule has 0 atom stereocenters. The molecule has 0 unspecified atom stereocenters. The van der Waals surface area contributed by atoms with Crippen LogP contribution in [0.2, 0.25) is 0 Å². The van der Waals surface area contributed by atoms with Gasteiger partial charge in [-0.2, -0.15) is 4.37 Å². The molecule has 3 rings (SSSR count). The fraction of sp³-hybridized carbons (Fsp3) is 0.450. The van der Waals surface area contributed by atoms with E-state index in [0.29, 0.717) is 11.0 Å². The minimum Gasteiger partial charge on any atom is -0.477 e. The number of anilines is 1. The van der Waals surface area contributed by atoms with Gasteiger partial charge in [-0.15, -0.1) is 0 Å². The van der Waals surface area contributed by atoms with E-state index < -0.39 is 17.8 Å². The van der Waals surface area contributed by atoms with Crippen molar-refractivity contribution in [3.63, 3.8) is 0 Å². The highest BCUT2D eigenvalue weighted by Crippen LogP contribution is 2.31. The number of nitrogens with zero attached hydrogens (tertiary/aromatic N) is 3. The summed E-state index contributed by atoms with van der Waals surface area (Å²) in [5, 5.41) is 14.8. The van der Waals surface area contributed by atoms with Crippen LogP contribution in [-0.2, 0) is 6.61 Å². The monoisotopic (exact) mass is 529 g/mol. The number of carbonyl (C=O) groups excluding carboxylic acids is 1. The van der Waals surface area contributed by atoms with Crippen molar-refractivity contribution in [2.24, 2.45) is 0 Å². The molecule has 1 aromatic heterocycles. The molecular weight excluding hydrogens is 505 g/mol. The predicted molar refractivity (Wildman–Crippen MR) is 123 cm³/mol. The topological polar surface area (TPSA) is 107 Å². The van der Waals surface area contributed by atoms with E-state index >= 15 is 0 Å². The number of aromatic nitrogens is 1. The maximum absolute atomic E-state index is 14.0. The Morgan fingerprint density at radius 2 is 2.06 bits per heavy atom. The second kappa shape index (κ2) is 11.5. The Balaban J connectivity index is 1.49. The summed E-state index contributed by atoms with van der Waals surface area (Å²) in [4.78, 5) is 28.5. The van der Waals surface area contributed by atoms with Gasteiger partial charge < -0.3 is 25.0 Å². The maximum Gasteiger partial charge on any atom is 0.344 e. The molecule has 0 aliphatic carbocycles. The average molecular weight is 530 g/mol. The number of rotatable bonds is 9. The number of piperazine rings is 1. The molecule has 174 valence electrons. The predicted octanol–water partition coefficient (Wildman–Crippen LogP) is 3.08. The fourth-order valence-electron chi connectivity index (χ4n) is 3.16. The number of aromatic carboxylic acids is 1. The molecule has 1 saturated heterocycles. The van der Waals surface area contributed by atoms with E-state index in [1.165, 1.54) is 12.1 Å². The zero-order chi connectivity index (χ0) is 23.1. The number of benzene rings is 1. The number of carboxylic acid groups (broad SMARTS) is 1. The van der Waals surface area contributed by atoms with Gasteiger partial charge in [0.1, 0.15) is 17.4 Å². The van der Waals surface area contributed by atoms with Gasteiger partial charge in [0.2, 0.25) is 5.88 Å². The fourth-order valence-corrected chi connectivity index (χ4v) is 4.21. The second-order valence-corrected chi connectivity index (χ2v) is 9.09. The Bertz CT molecular complexity index is 952. The van der Waals surface area contributed by atoms with Crippen LogP contribution in [0.4, 0.5) is 14.2 Å². The average Bonchev–Trinajstić information content (AvgIpc) is 3.14. The standard InChI is InChI=1S/C20H25BrFN5O4S/c1-26-7-9-27(10-8-26)6-2-5-23-20(30)24-18-16(19(28)29)17(25-32-18)31-12-13-3-4-14(21)11-15(13)22/h3-4,11H,2,5-10,12H2,1H3,(H,28,29)(H2,23,24,30). The lowest BCUT2D eigenvalue weighted by molar-refractivity contribution is 0.0693. The van der Waals surface area contributed by atoms with E-state index in [9.17, 15) is 19.1 Å². The van der Waals surface area contributed by atoms with Crippen LogP contribution in [0.5, 0.6) is 5.88 Å². The van der Waals surface area contributed by atoms with Crippen LogP contribution >= 0.6 is 27.5 Å². The lowest BCUT2D eigenvalue weighted by Gasteiger charge is -2.32. The summed E-state index contributed by atoms with van der Waals surface area (Å²) in [6, 6.07) is 3.96. The van der Waals surface area contributed by atoms with Crippen molar-refractivity contribution in [3.8, 4) is 5.88 Å². The molecule has 0 spiro atoms. The maximum atomic E-state index is 14.0. The Morgan fingerprint density at radius 3 is 2.75 bits per heavy atom. The first-order valence-electron chi connectivity index (χ1n) is 10.1. The number of nitrogens with one attached hydrogen (secondary N) is 2. The van der Waals surface area contributed by atoms with Crippen LogP contribution in [-0.4, -0.2) is 77.6 Å². The lowest BCUT2D eigenvalue weighted by atomic mass is 10.2. The van der Waals surface area contributed by atoms with E-state index in [0.717, 1.165) is 50.7 Å². The van der Waals surface area contributed by atoms with Crippen molar-refractivity contribution in [2.45, 2.75) is 13.0 Å². The summed E-state index contributed by atoms with van der Waals surface area (Å²) in [6.45, 7) is 5.26. The van der Waals surface area contributed by atoms with Crippen LogP contribution < -0.4 is 15.4 Å². The van der Waals surface area contributed by atoms with E-state index in [2.05, 4.69) is 47.8 Å². The molecule has 3 N–H and O–H groups in total. The Morgan fingerprint density at radius 1 is 1.31 bits per heavy atom. The highest BCUT2D eigenvalue weighted by molar-refractivity contribution is 9.10. The zero-order valence-corrected chi connectivity index (χ0v) is 20.0. The van der Waals surface area contributed by atoms with Crippen molar-refractivity contribution in [2.75, 3.05) is 51.6 Å². The first-order valence-corrected chi connectivity index (χ1v) is 11.7. The second-order valence-electron chi connectivity index (χ2n) is 7.40. The Hall–Kier alpha value is -2.28. The Labute approximate surface area is 197 Å². The van der Waals surface area contributed by atoms with Gasteiger partial charge in [0, 0.05) is 42.8 Å². The molecule has 2 amide bonds. The molecule has 2 heterocycles. The third-order valence-electron chi connectivity index (χ3n) is 5.01. The minimum absolute atomic E-state index is 0.0559. The van der Waals surface area contributed by atoms with Crippen LogP contribution in [0.3, 0.4) is 0 Å². The Kier molecular flexibility index (Phi) is 8.79. The zero-order valence-electron chi connectivity index (χ0n) is 17.6. The van der Waals surface area contributed by atoms with Crippen molar-refractivity contribution in [1.82, 2.24) is 19.5 Å². The number of halogens is 2. The van der Waals surface area contributed by atoms with Gasteiger partial charge in [0.25, 0.3) is 0 Å². The van der Waals surface area contributed by atoms with Gasteiger partial charge in [-0.05, 0) is 43.7 Å². The third-order valence-corrected chi connectivity index (χ3v) is 6.25. The number of ether oxygens (including phenoxy) is 1. The number of carbonyl (C=O) groups is 2. The molecule has 1 aliphatic heterocycles. The molecular formula is C20H25BrFN5O4S. The molecule has 2 aromatic rings. The largest absolute Gasteiger partial charge is 0.477 e. The van der Waals surface area contributed by atoms with Crippen LogP contribution in [0.25, 0.3) is 0 Å². The summed E-state index contributed by atoms with van der Waals surface area (Å²) in [5.74, 6) is -1.95. The van der Waals surface area contributed by atoms with Crippen molar-refractivity contribution in [3.05, 3.63) is 39.6 Å².